The average Bonchev–Trinajstić information content (AvgIpc) is 2.74. The number of amides is 1. The molecule has 6 nitrogen and oxygen atoms in total. The maximum atomic E-state index is 11.5. The van der Waals surface area contributed by atoms with Crippen LogP contribution in [0.15, 0.2) is 0 Å². The number of hydrogen-bond acceptors (Lipinski definition) is 4. The van der Waals surface area contributed by atoms with Crippen molar-refractivity contribution in [1.82, 2.24) is 4.90 Å². The fourth-order valence-corrected chi connectivity index (χ4v) is 1.72. The third kappa shape index (κ3) is 3.22. The predicted molar refractivity (Wildman–Crippen MR) is 53.6 cm³/mol. The van der Waals surface area contributed by atoms with E-state index >= 15 is 0 Å². The molecule has 0 radical (unpaired) electrons. The number of hydrogen-bond donors (Lipinski definition) is 1. The number of rotatable bonds is 4. The van der Waals surface area contributed by atoms with Crippen LogP contribution < -0.4 is 0 Å². The molecule has 16 heavy (non-hydrogen) atoms. The second kappa shape index (κ2) is 5.48. The Morgan fingerprint density at radius 2 is 2.06 bits per heavy atom. The molecule has 1 fully saturated rings. The Balaban J connectivity index is 2.37. The second-order valence-electron chi connectivity index (χ2n) is 3.74. The Morgan fingerprint density at radius 3 is 2.62 bits per heavy atom. The molecule has 1 aliphatic rings. The number of methoxy groups -OCH3 is 1. The number of nitrogens with zero attached hydrogens (tertiary/aromatic N) is 1. The fraction of sp³-hybridized carbons (Fsp3) is 0.700. The SMILES string of the molecule is COC(=O)C1CCN(C(=O)CCC(=O)O)C1. The first kappa shape index (κ1) is 12.5. The summed E-state index contributed by atoms with van der Waals surface area (Å²) in [4.78, 5) is 34.5. The number of likely N-dealkylation sites (tertiary alicyclic amines) is 1. The first-order valence-corrected chi connectivity index (χ1v) is 5.12. The Bertz CT molecular complexity index is 302. The summed E-state index contributed by atoms with van der Waals surface area (Å²) < 4.78 is 4.59. The zero-order valence-electron chi connectivity index (χ0n) is 9.14. The van der Waals surface area contributed by atoms with Crippen molar-refractivity contribution in [2.75, 3.05) is 20.2 Å². The molecule has 0 spiro atoms. The van der Waals surface area contributed by atoms with Crippen LogP contribution in [0.5, 0.6) is 0 Å². The van der Waals surface area contributed by atoms with Crippen LogP contribution in [-0.4, -0.2) is 48.1 Å². The lowest BCUT2D eigenvalue weighted by atomic mass is 10.1. The molecule has 1 amide bonds. The van der Waals surface area contributed by atoms with Crippen molar-refractivity contribution in [2.24, 2.45) is 5.92 Å². The molecule has 1 aliphatic heterocycles. The normalized spacial score (nSPS) is 19.6. The van der Waals surface area contributed by atoms with Crippen LogP contribution >= 0.6 is 0 Å². The van der Waals surface area contributed by atoms with Crippen LogP contribution in [0.3, 0.4) is 0 Å². The van der Waals surface area contributed by atoms with Gasteiger partial charge < -0.3 is 14.7 Å². The number of esters is 1. The number of carboxylic acids is 1. The summed E-state index contributed by atoms with van der Waals surface area (Å²) in [5, 5.41) is 8.44. The Kier molecular flexibility index (Phi) is 4.28. The van der Waals surface area contributed by atoms with E-state index < -0.39 is 5.97 Å². The van der Waals surface area contributed by atoms with E-state index in [2.05, 4.69) is 4.74 Å². The Morgan fingerprint density at radius 1 is 1.38 bits per heavy atom. The van der Waals surface area contributed by atoms with Crippen LogP contribution in [0.2, 0.25) is 0 Å². The van der Waals surface area contributed by atoms with Crippen molar-refractivity contribution in [3.8, 4) is 0 Å². The van der Waals surface area contributed by atoms with E-state index in [9.17, 15) is 14.4 Å². The molecule has 6 heteroatoms. The minimum absolute atomic E-state index is 0.0107. The van der Waals surface area contributed by atoms with Crippen molar-refractivity contribution in [1.29, 1.82) is 0 Å². The molecule has 0 aliphatic carbocycles. The predicted octanol–water partition coefficient (Wildman–Crippen LogP) is -0.127. The summed E-state index contributed by atoms with van der Waals surface area (Å²) in [6.07, 6.45) is 0.410. The summed E-state index contributed by atoms with van der Waals surface area (Å²) in [6, 6.07) is 0. The van der Waals surface area contributed by atoms with Gasteiger partial charge in [0.05, 0.1) is 19.4 Å². The van der Waals surface area contributed by atoms with Crippen LogP contribution in [0.25, 0.3) is 0 Å². The molecule has 0 aromatic heterocycles. The number of ether oxygens (including phenoxy) is 1. The van der Waals surface area contributed by atoms with Crippen molar-refractivity contribution in [2.45, 2.75) is 19.3 Å². The average molecular weight is 229 g/mol. The van der Waals surface area contributed by atoms with Crippen LogP contribution in [0, 0.1) is 5.92 Å². The van der Waals surface area contributed by atoms with Crippen LogP contribution in [0.4, 0.5) is 0 Å². The third-order valence-corrected chi connectivity index (χ3v) is 2.63. The van der Waals surface area contributed by atoms with Gasteiger partial charge in [0.25, 0.3) is 0 Å². The van der Waals surface area contributed by atoms with Gasteiger partial charge in [0, 0.05) is 19.5 Å². The number of aliphatic carboxylic acids is 1. The molecular formula is C10H15NO5. The van der Waals surface area contributed by atoms with E-state index in [4.69, 9.17) is 5.11 Å². The zero-order valence-corrected chi connectivity index (χ0v) is 9.14. The molecule has 0 aromatic carbocycles. The minimum Gasteiger partial charge on any atom is -0.481 e. The van der Waals surface area contributed by atoms with Gasteiger partial charge in [-0.1, -0.05) is 0 Å². The van der Waals surface area contributed by atoms with Gasteiger partial charge in [-0.15, -0.1) is 0 Å². The van der Waals surface area contributed by atoms with Gasteiger partial charge in [-0.3, -0.25) is 14.4 Å². The molecule has 0 bridgehead atoms. The molecule has 0 saturated carbocycles. The summed E-state index contributed by atoms with van der Waals surface area (Å²) in [5.41, 5.74) is 0. The third-order valence-electron chi connectivity index (χ3n) is 2.63. The molecule has 1 atom stereocenters. The molecule has 1 heterocycles. The topological polar surface area (TPSA) is 83.9 Å². The maximum Gasteiger partial charge on any atom is 0.310 e. The smallest absolute Gasteiger partial charge is 0.310 e. The monoisotopic (exact) mass is 229 g/mol. The van der Waals surface area contributed by atoms with Gasteiger partial charge in [-0.25, -0.2) is 0 Å². The van der Waals surface area contributed by atoms with E-state index in [1.165, 1.54) is 12.0 Å². The first-order valence-electron chi connectivity index (χ1n) is 5.12. The highest BCUT2D eigenvalue weighted by Gasteiger charge is 2.31. The van der Waals surface area contributed by atoms with E-state index in [0.29, 0.717) is 19.5 Å². The van der Waals surface area contributed by atoms with Crippen molar-refractivity contribution >= 4 is 17.8 Å². The lowest BCUT2D eigenvalue weighted by molar-refractivity contribution is -0.145. The van der Waals surface area contributed by atoms with Crippen molar-refractivity contribution in [3.63, 3.8) is 0 Å². The van der Waals surface area contributed by atoms with E-state index in [1.807, 2.05) is 0 Å². The first-order chi connectivity index (χ1) is 7.54. The number of carbonyl (C=O) groups is 3. The summed E-state index contributed by atoms with van der Waals surface area (Å²) in [7, 11) is 1.32. The summed E-state index contributed by atoms with van der Waals surface area (Å²) >= 11 is 0. The molecular weight excluding hydrogens is 214 g/mol. The fourth-order valence-electron chi connectivity index (χ4n) is 1.72. The van der Waals surface area contributed by atoms with Gasteiger partial charge in [0.1, 0.15) is 0 Å². The largest absolute Gasteiger partial charge is 0.481 e. The Labute approximate surface area is 93.2 Å². The highest BCUT2D eigenvalue weighted by Crippen LogP contribution is 2.18. The molecule has 1 rings (SSSR count). The lowest BCUT2D eigenvalue weighted by Crippen LogP contribution is -2.30. The molecule has 90 valence electrons. The number of carbonyl (C=O) groups excluding carboxylic acids is 2. The van der Waals surface area contributed by atoms with E-state index in [-0.39, 0.29) is 30.6 Å². The van der Waals surface area contributed by atoms with E-state index in [1.54, 1.807) is 0 Å². The summed E-state index contributed by atoms with van der Waals surface area (Å²) in [5.74, 6) is -1.78. The van der Waals surface area contributed by atoms with Crippen molar-refractivity contribution < 1.29 is 24.2 Å². The molecule has 0 aromatic rings. The highest BCUT2D eigenvalue weighted by atomic mass is 16.5. The molecule has 1 unspecified atom stereocenters. The van der Waals surface area contributed by atoms with Crippen molar-refractivity contribution in [3.05, 3.63) is 0 Å². The molecule has 1 saturated heterocycles. The van der Waals surface area contributed by atoms with Gasteiger partial charge in [0.2, 0.25) is 5.91 Å². The Hall–Kier alpha value is -1.59. The van der Waals surface area contributed by atoms with Gasteiger partial charge in [-0.2, -0.15) is 0 Å². The lowest BCUT2D eigenvalue weighted by Gasteiger charge is -2.15. The van der Waals surface area contributed by atoms with Gasteiger partial charge in [-0.05, 0) is 6.42 Å². The van der Waals surface area contributed by atoms with E-state index in [0.717, 1.165) is 0 Å². The number of carboxylic acid groups (broad SMARTS) is 1. The quantitative estimate of drug-likeness (QED) is 0.679. The van der Waals surface area contributed by atoms with Crippen LogP contribution in [0.1, 0.15) is 19.3 Å². The van der Waals surface area contributed by atoms with Gasteiger partial charge >= 0.3 is 11.9 Å². The van der Waals surface area contributed by atoms with Gasteiger partial charge in [0.15, 0.2) is 0 Å². The standard InChI is InChI=1S/C10H15NO5/c1-16-10(15)7-4-5-11(6-7)8(12)2-3-9(13)14/h7H,2-6H2,1H3,(H,13,14). The zero-order chi connectivity index (χ0) is 12.1. The maximum absolute atomic E-state index is 11.5. The molecule has 1 N–H and O–H groups in total. The second-order valence-corrected chi connectivity index (χ2v) is 3.74. The summed E-state index contributed by atoms with van der Waals surface area (Å²) in [6.45, 7) is 0.837. The minimum atomic E-state index is -0.989. The highest BCUT2D eigenvalue weighted by molar-refractivity contribution is 5.82. The van der Waals surface area contributed by atoms with Crippen LogP contribution in [-0.2, 0) is 19.1 Å².